The van der Waals surface area contributed by atoms with Crippen LogP contribution in [-0.2, 0) is 26.0 Å². The summed E-state index contributed by atoms with van der Waals surface area (Å²) in [6.45, 7) is 5.36. The largest absolute Gasteiger partial charge is 0.344 e. The van der Waals surface area contributed by atoms with E-state index in [2.05, 4.69) is 15.4 Å². The molecule has 0 aliphatic heterocycles. The van der Waals surface area contributed by atoms with Gasteiger partial charge in [0, 0.05) is 34.3 Å². The maximum Gasteiger partial charge on any atom is 0.247 e. The van der Waals surface area contributed by atoms with Gasteiger partial charge in [-0.2, -0.15) is 0 Å². The standard InChI is InChI=1S/C30H37N3O4S/c1-30(2,3)33-38(36,37)27-19-11-16-23-24(27)17-10-18-25(23)31-29(35)26(20-21-12-6-4-7-13-21)32-28(34)22-14-8-5-9-15-22/h4,6-7,10-13,16-19,22,26,33H,5,8-9,14-15,20H2,1-3H3,(H,31,35)(H,32,34)/t26-/m0/s1. The second kappa shape index (κ2) is 11.7. The van der Waals surface area contributed by atoms with Gasteiger partial charge in [0.25, 0.3) is 0 Å². The summed E-state index contributed by atoms with van der Waals surface area (Å²) >= 11 is 0. The molecule has 0 bridgehead atoms. The summed E-state index contributed by atoms with van der Waals surface area (Å²) < 4.78 is 29.0. The first-order chi connectivity index (χ1) is 18.0. The number of hydrogen-bond donors (Lipinski definition) is 3. The monoisotopic (exact) mass is 535 g/mol. The lowest BCUT2D eigenvalue weighted by Gasteiger charge is -2.25. The highest BCUT2D eigenvalue weighted by Gasteiger charge is 2.28. The summed E-state index contributed by atoms with van der Waals surface area (Å²) in [6.07, 6.45) is 5.23. The summed E-state index contributed by atoms with van der Waals surface area (Å²) in [4.78, 5) is 26.8. The third-order valence-corrected chi connectivity index (χ3v) is 8.58. The Labute approximate surface area is 225 Å². The number of anilines is 1. The molecule has 1 fully saturated rings. The Morgan fingerprint density at radius 3 is 2.21 bits per heavy atom. The zero-order valence-electron chi connectivity index (χ0n) is 22.3. The number of carbonyl (C=O) groups is 2. The van der Waals surface area contributed by atoms with Crippen molar-refractivity contribution in [2.24, 2.45) is 5.92 Å². The smallest absolute Gasteiger partial charge is 0.247 e. The molecule has 7 nitrogen and oxygen atoms in total. The van der Waals surface area contributed by atoms with E-state index in [0.717, 1.165) is 37.7 Å². The molecule has 0 spiro atoms. The van der Waals surface area contributed by atoms with Crippen LogP contribution in [-0.4, -0.2) is 31.8 Å². The van der Waals surface area contributed by atoms with Crippen molar-refractivity contribution in [3.63, 3.8) is 0 Å². The Bertz CT molecular complexity index is 1390. The van der Waals surface area contributed by atoms with Gasteiger partial charge in [-0.05, 0) is 51.3 Å². The fraction of sp³-hybridized carbons (Fsp3) is 0.400. The van der Waals surface area contributed by atoms with E-state index in [1.165, 1.54) is 0 Å². The van der Waals surface area contributed by atoms with Crippen LogP contribution in [0.25, 0.3) is 10.8 Å². The predicted octanol–water partition coefficient (Wildman–Crippen LogP) is 5.16. The number of carbonyl (C=O) groups excluding carboxylic acids is 2. The number of benzene rings is 3. The summed E-state index contributed by atoms with van der Waals surface area (Å²) in [7, 11) is -3.79. The Hall–Kier alpha value is -3.23. The number of fused-ring (bicyclic) bond motifs is 1. The van der Waals surface area contributed by atoms with Gasteiger partial charge in [0.05, 0.1) is 4.90 Å². The molecule has 3 N–H and O–H groups in total. The summed E-state index contributed by atoms with van der Waals surface area (Å²) in [5.41, 5.74) is 0.787. The average Bonchev–Trinajstić information content (AvgIpc) is 2.88. The second-order valence-electron chi connectivity index (χ2n) is 11.1. The molecule has 1 atom stereocenters. The lowest BCUT2D eigenvalue weighted by molar-refractivity contribution is -0.130. The van der Waals surface area contributed by atoms with Crippen LogP contribution in [0, 0.1) is 5.92 Å². The first-order valence-electron chi connectivity index (χ1n) is 13.2. The Kier molecular flexibility index (Phi) is 8.53. The lowest BCUT2D eigenvalue weighted by atomic mass is 9.88. The van der Waals surface area contributed by atoms with E-state index in [1.54, 1.807) is 57.2 Å². The molecule has 3 aromatic rings. The van der Waals surface area contributed by atoms with Crippen molar-refractivity contribution in [2.75, 3.05) is 5.32 Å². The number of hydrogen-bond acceptors (Lipinski definition) is 4. The maximum absolute atomic E-state index is 13.6. The van der Waals surface area contributed by atoms with E-state index >= 15 is 0 Å². The zero-order valence-corrected chi connectivity index (χ0v) is 23.1. The SMILES string of the molecule is CC(C)(C)NS(=O)(=O)c1cccc2c(NC(=O)[C@H](Cc3ccccc3)NC(=O)C3CCCCC3)cccc12. The van der Waals surface area contributed by atoms with Crippen LogP contribution >= 0.6 is 0 Å². The average molecular weight is 536 g/mol. The Morgan fingerprint density at radius 1 is 0.868 bits per heavy atom. The van der Waals surface area contributed by atoms with Crippen molar-refractivity contribution in [3.8, 4) is 0 Å². The number of rotatable bonds is 8. The minimum absolute atomic E-state index is 0.0736. The third-order valence-electron chi connectivity index (χ3n) is 6.76. The van der Waals surface area contributed by atoms with Gasteiger partial charge < -0.3 is 10.6 Å². The molecule has 0 unspecified atom stereocenters. The molecular formula is C30H37N3O4S. The summed E-state index contributed by atoms with van der Waals surface area (Å²) in [5.74, 6) is -0.498. The van der Waals surface area contributed by atoms with Gasteiger partial charge in [-0.15, -0.1) is 0 Å². The molecule has 1 saturated carbocycles. The highest BCUT2D eigenvalue weighted by Crippen LogP contribution is 2.30. The van der Waals surface area contributed by atoms with E-state index in [0.29, 0.717) is 22.9 Å². The first kappa shape index (κ1) is 27.8. The van der Waals surface area contributed by atoms with Crippen LogP contribution < -0.4 is 15.4 Å². The molecule has 8 heteroatoms. The zero-order chi connectivity index (χ0) is 27.3. The summed E-state index contributed by atoms with van der Waals surface area (Å²) in [5, 5.41) is 7.09. The van der Waals surface area contributed by atoms with E-state index in [1.807, 2.05) is 30.3 Å². The Balaban J connectivity index is 1.62. The van der Waals surface area contributed by atoms with Crippen molar-refractivity contribution in [2.45, 2.75) is 75.8 Å². The minimum Gasteiger partial charge on any atom is -0.344 e. The van der Waals surface area contributed by atoms with E-state index < -0.39 is 21.6 Å². The van der Waals surface area contributed by atoms with Crippen molar-refractivity contribution in [3.05, 3.63) is 72.3 Å². The molecule has 4 rings (SSSR count). The Morgan fingerprint density at radius 2 is 1.53 bits per heavy atom. The van der Waals surface area contributed by atoms with Gasteiger partial charge in [0.15, 0.2) is 0 Å². The minimum atomic E-state index is -3.79. The van der Waals surface area contributed by atoms with Gasteiger partial charge in [-0.1, -0.05) is 73.9 Å². The van der Waals surface area contributed by atoms with Crippen molar-refractivity contribution in [1.82, 2.24) is 10.0 Å². The molecule has 0 heterocycles. The molecule has 2 amide bonds. The first-order valence-corrected chi connectivity index (χ1v) is 14.7. The van der Waals surface area contributed by atoms with Crippen LogP contribution in [0.2, 0.25) is 0 Å². The topological polar surface area (TPSA) is 104 Å². The fourth-order valence-corrected chi connectivity index (χ4v) is 6.66. The molecule has 1 aliphatic carbocycles. The molecule has 202 valence electrons. The van der Waals surface area contributed by atoms with Crippen LogP contribution in [0.1, 0.15) is 58.4 Å². The van der Waals surface area contributed by atoms with Crippen LogP contribution in [0.4, 0.5) is 5.69 Å². The highest BCUT2D eigenvalue weighted by atomic mass is 32.2. The van der Waals surface area contributed by atoms with Crippen LogP contribution in [0.15, 0.2) is 71.6 Å². The molecule has 0 saturated heterocycles. The maximum atomic E-state index is 13.6. The van der Waals surface area contributed by atoms with E-state index in [-0.39, 0.29) is 22.6 Å². The van der Waals surface area contributed by atoms with E-state index in [9.17, 15) is 18.0 Å². The molecule has 3 aromatic carbocycles. The van der Waals surface area contributed by atoms with Gasteiger partial charge in [-0.25, -0.2) is 13.1 Å². The van der Waals surface area contributed by atoms with Crippen LogP contribution in [0.3, 0.4) is 0 Å². The van der Waals surface area contributed by atoms with Gasteiger partial charge in [0.1, 0.15) is 6.04 Å². The third kappa shape index (κ3) is 6.99. The molecular weight excluding hydrogens is 498 g/mol. The molecule has 0 aromatic heterocycles. The number of nitrogens with one attached hydrogen (secondary N) is 3. The van der Waals surface area contributed by atoms with Gasteiger partial charge >= 0.3 is 0 Å². The quantitative estimate of drug-likeness (QED) is 0.370. The highest BCUT2D eigenvalue weighted by molar-refractivity contribution is 7.89. The fourth-order valence-electron chi connectivity index (χ4n) is 5.02. The second-order valence-corrected chi connectivity index (χ2v) is 12.7. The summed E-state index contributed by atoms with van der Waals surface area (Å²) in [6, 6.07) is 19.0. The lowest BCUT2D eigenvalue weighted by Crippen LogP contribution is -2.47. The molecule has 38 heavy (non-hydrogen) atoms. The predicted molar refractivity (Wildman–Crippen MR) is 151 cm³/mol. The van der Waals surface area contributed by atoms with Crippen LogP contribution in [0.5, 0.6) is 0 Å². The van der Waals surface area contributed by atoms with Crippen molar-refractivity contribution < 1.29 is 18.0 Å². The van der Waals surface area contributed by atoms with Gasteiger partial charge in [0.2, 0.25) is 21.8 Å². The van der Waals surface area contributed by atoms with Crippen molar-refractivity contribution >= 4 is 38.3 Å². The molecule has 1 aliphatic rings. The normalized spacial score (nSPS) is 15.7. The van der Waals surface area contributed by atoms with Gasteiger partial charge in [-0.3, -0.25) is 9.59 Å². The van der Waals surface area contributed by atoms with E-state index in [4.69, 9.17) is 0 Å². The number of amides is 2. The van der Waals surface area contributed by atoms with Crippen molar-refractivity contribution in [1.29, 1.82) is 0 Å². The number of sulfonamides is 1. The molecule has 0 radical (unpaired) electrons.